The van der Waals surface area contributed by atoms with Crippen LogP contribution in [0, 0.1) is 17.4 Å². The quantitative estimate of drug-likeness (QED) is 0.331. The van der Waals surface area contributed by atoms with E-state index in [1.807, 2.05) is 44.3 Å². The molecule has 2 N–H and O–H groups in total. The zero-order chi connectivity index (χ0) is 21.4. The summed E-state index contributed by atoms with van der Waals surface area (Å²) in [6, 6.07) is 14.1. The fourth-order valence-corrected chi connectivity index (χ4v) is 5.21. The minimum absolute atomic E-state index is 0.0129. The molecule has 30 heavy (non-hydrogen) atoms. The summed E-state index contributed by atoms with van der Waals surface area (Å²) in [6.07, 6.45) is 1.97. The highest BCUT2D eigenvalue weighted by molar-refractivity contribution is 14.1. The highest BCUT2D eigenvalue weighted by Crippen LogP contribution is 2.44. The number of hydrogen-bond acceptors (Lipinski definition) is 3. The van der Waals surface area contributed by atoms with Crippen molar-refractivity contribution in [3.05, 3.63) is 74.9 Å². The number of rotatable bonds is 5. The molecule has 7 heteroatoms. The van der Waals surface area contributed by atoms with E-state index in [0.717, 1.165) is 22.8 Å². The van der Waals surface area contributed by atoms with Gasteiger partial charge in [-0.1, -0.05) is 6.07 Å². The van der Waals surface area contributed by atoms with Gasteiger partial charge in [0.2, 0.25) is 0 Å². The van der Waals surface area contributed by atoms with E-state index in [0.29, 0.717) is 5.11 Å². The van der Waals surface area contributed by atoms with E-state index in [1.54, 1.807) is 0 Å². The largest absolute Gasteiger partial charge is 0.491 e. The molecule has 1 aliphatic heterocycles. The summed E-state index contributed by atoms with van der Waals surface area (Å²) in [5.41, 5.74) is 5.57. The average Bonchev–Trinajstić information content (AvgIpc) is 3.18. The number of hydrogen-bond donors (Lipinski definition) is 2. The summed E-state index contributed by atoms with van der Waals surface area (Å²) in [6.45, 7) is 8.29. The van der Waals surface area contributed by atoms with E-state index in [-0.39, 0.29) is 18.2 Å². The Morgan fingerprint density at radius 2 is 1.83 bits per heavy atom. The van der Waals surface area contributed by atoms with Crippen molar-refractivity contribution in [2.75, 3.05) is 4.90 Å². The Morgan fingerprint density at radius 1 is 1.10 bits per heavy atom. The summed E-state index contributed by atoms with van der Waals surface area (Å²) in [5, 5.41) is 4.22. The van der Waals surface area contributed by atoms with Crippen molar-refractivity contribution in [2.24, 2.45) is 0 Å². The first-order valence-corrected chi connectivity index (χ1v) is 11.5. The number of aryl methyl sites for hydroxylation is 2. The zero-order valence-electron chi connectivity index (χ0n) is 17.4. The second-order valence-corrected chi connectivity index (χ2v) is 9.23. The predicted octanol–water partition coefficient (Wildman–Crippen LogP) is 5.60. The molecule has 0 aliphatic carbocycles. The van der Waals surface area contributed by atoms with Crippen LogP contribution >= 0.6 is 34.8 Å². The summed E-state index contributed by atoms with van der Waals surface area (Å²) >= 11 is 8.25. The Hall–Kier alpha value is -2.13. The molecule has 5 nitrogen and oxygen atoms in total. The summed E-state index contributed by atoms with van der Waals surface area (Å²) in [7, 11) is 0. The average molecular weight is 532 g/mol. The Morgan fingerprint density at radius 3 is 2.40 bits per heavy atom. The van der Waals surface area contributed by atoms with Crippen molar-refractivity contribution in [3.63, 3.8) is 0 Å². The lowest BCUT2D eigenvalue weighted by Gasteiger charge is -2.28. The molecule has 0 bridgehead atoms. The molecule has 1 aliphatic rings. The number of anilines is 1. The first kappa shape index (κ1) is 21.1. The Bertz CT molecular complexity index is 1050. The highest BCUT2D eigenvalue weighted by atomic mass is 127. The molecule has 2 atom stereocenters. The van der Waals surface area contributed by atoms with Gasteiger partial charge in [0.25, 0.3) is 0 Å². The number of benzene rings is 1. The maximum absolute atomic E-state index is 5.82. The fourth-order valence-electron chi connectivity index (χ4n) is 4.01. The van der Waals surface area contributed by atoms with Crippen LogP contribution in [0.2, 0.25) is 0 Å². The zero-order valence-corrected chi connectivity index (χ0v) is 20.4. The lowest BCUT2D eigenvalue weighted by atomic mass is 9.96. The van der Waals surface area contributed by atoms with Crippen LogP contribution < -0.4 is 15.0 Å². The molecule has 1 aromatic carbocycles. The maximum atomic E-state index is 5.82. The van der Waals surface area contributed by atoms with E-state index in [4.69, 9.17) is 17.0 Å². The van der Waals surface area contributed by atoms with Crippen LogP contribution in [0.15, 0.2) is 48.7 Å². The first-order valence-electron chi connectivity index (χ1n) is 9.98. The number of nitrogens with one attached hydrogen (secondary N) is 2. The molecule has 1 saturated heterocycles. The van der Waals surface area contributed by atoms with Crippen molar-refractivity contribution in [2.45, 2.75) is 45.9 Å². The lowest BCUT2D eigenvalue weighted by Crippen LogP contribution is -2.29. The molecule has 0 amide bonds. The molecule has 2 aromatic heterocycles. The van der Waals surface area contributed by atoms with E-state index < -0.39 is 0 Å². The third-order valence-electron chi connectivity index (χ3n) is 5.23. The Kier molecular flexibility index (Phi) is 6.02. The van der Waals surface area contributed by atoms with Gasteiger partial charge in [0, 0.05) is 32.4 Å². The molecule has 156 valence electrons. The van der Waals surface area contributed by atoms with Crippen LogP contribution in [0.5, 0.6) is 5.75 Å². The van der Waals surface area contributed by atoms with Gasteiger partial charge < -0.3 is 19.9 Å². The molecular formula is C23H25IN4OS. The minimum atomic E-state index is -0.0484. The number of aromatic nitrogens is 2. The standard InChI is InChI=1S/C23H25IN4OS/c1-13(2)29-17-10-8-16(9-11-17)28-22(19-14(3)26-15(4)20(19)24)21(27-23(28)30)18-7-5-6-12-25-18/h5-13,21-22,26H,1-4H3,(H,27,30)/t21-,22-/m1/s1. The van der Waals surface area contributed by atoms with Gasteiger partial charge >= 0.3 is 0 Å². The molecule has 4 rings (SSSR count). The highest BCUT2D eigenvalue weighted by Gasteiger charge is 2.42. The van der Waals surface area contributed by atoms with Crippen molar-refractivity contribution in [1.82, 2.24) is 15.3 Å². The van der Waals surface area contributed by atoms with Crippen LogP contribution in [-0.4, -0.2) is 21.2 Å². The van der Waals surface area contributed by atoms with Crippen LogP contribution in [0.4, 0.5) is 5.69 Å². The smallest absolute Gasteiger partial charge is 0.174 e. The maximum Gasteiger partial charge on any atom is 0.174 e. The first-order chi connectivity index (χ1) is 14.4. The second kappa shape index (κ2) is 8.55. The van der Waals surface area contributed by atoms with Crippen molar-refractivity contribution in [1.29, 1.82) is 0 Å². The Labute approximate surface area is 196 Å². The van der Waals surface area contributed by atoms with Gasteiger partial charge in [0.15, 0.2) is 5.11 Å². The molecule has 0 saturated carbocycles. The molecule has 3 aromatic rings. The van der Waals surface area contributed by atoms with Gasteiger partial charge in [-0.2, -0.15) is 0 Å². The number of thiocarbonyl (C=S) groups is 1. The number of nitrogens with zero attached hydrogens (tertiary/aromatic N) is 2. The van der Waals surface area contributed by atoms with Crippen LogP contribution in [-0.2, 0) is 0 Å². The normalized spacial score (nSPS) is 18.7. The van der Waals surface area contributed by atoms with E-state index in [1.165, 1.54) is 14.8 Å². The lowest BCUT2D eigenvalue weighted by molar-refractivity contribution is 0.242. The van der Waals surface area contributed by atoms with Gasteiger partial charge in [0.1, 0.15) is 5.75 Å². The van der Waals surface area contributed by atoms with Crippen LogP contribution in [0.1, 0.15) is 48.6 Å². The van der Waals surface area contributed by atoms with Crippen molar-refractivity contribution in [3.8, 4) is 5.75 Å². The minimum Gasteiger partial charge on any atom is -0.491 e. The summed E-state index contributed by atoms with van der Waals surface area (Å²) in [4.78, 5) is 10.3. The van der Waals surface area contributed by atoms with E-state index in [2.05, 4.69) is 74.8 Å². The summed E-state index contributed by atoms with van der Waals surface area (Å²) < 4.78 is 7.05. The number of halogens is 1. The number of ether oxygens (including phenoxy) is 1. The second-order valence-electron chi connectivity index (χ2n) is 7.76. The van der Waals surface area contributed by atoms with Gasteiger partial charge in [-0.15, -0.1) is 0 Å². The van der Waals surface area contributed by atoms with Crippen molar-refractivity contribution >= 4 is 45.6 Å². The third-order valence-corrected chi connectivity index (χ3v) is 6.93. The van der Waals surface area contributed by atoms with E-state index >= 15 is 0 Å². The SMILES string of the molecule is Cc1[nH]c(C)c([C@@H]2[C@@H](c3ccccn3)NC(=S)N2c2ccc(OC(C)C)cc2)c1I. The van der Waals surface area contributed by atoms with Gasteiger partial charge in [0.05, 0.1) is 23.9 Å². The number of aromatic amines is 1. The van der Waals surface area contributed by atoms with Gasteiger partial charge in [-0.25, -0.2) is 0 Å². The number of pyridine rings is 1. The van der Waals surface area contributed by atoms with Gasteiger partial charge in [-0.05, 0) is 98.9 Å². The third kappa shape index (κ3) is 3.92. The van der Waals surface area contributed by atoms with Crippen LogP contribution in [0.25, 0.3) is 0 Å². The molecule has 0 spiro atoms. The van der Waals surface area contributed by atoms with Gasteiger partial charge in [-0.3, -0.25) is 4.98 Å². The van der Waals surface area contributed by atoms with Crippen molar-refractivity contribution < 1.29 is 4.74 Å². The van der Waals surface area contributed by atoms with Crippen LogP contribution in [0.3, 0.4) is 0 Å². The molecule has 1 fully saturated rings. The molecule has 0 unspecified atom stereocenters. The number of H-pyrrole nitrogens is 1. The molecule has 3 heterocycles. The Balaban J connectivity index is 1.80. The molecule has 0 radical (unpaired) electrons. The molecular weight excluding hydrogens is 507 g/mol. The van der Waals surface area contributed by atoms with E-state index in [9.17, 15) is 0 Å². The predicted molar refractivity (Wildman–Crippen MR) is 133 cm³/mol. The topological polar surface area (TPSA) is 53.2 Å². The fraction of sp³-hybridized carbons (Fsp3) is 0.304. The summed E-state index contributed by atoms with van der Waals surface area (Å²) in [5.74, 6) is 0.855. The monoisotopic (exact) mass is 532 g/mol.